The van der Waals surface area contributed by atoms with Gasteiger partial charge in [0.2, 0.25) is 0 Å². The molecular formula is C29H40N4O5. The number of nitrogens with zero attached hydrogens (tertiary/aromatic N) is 3. The Kier molecular flexibility index (Phi) is 9.98. The van der Waals surface area contributed by atoms with Crippen molar-refractivity contribution in [3.8, 4) is 16.9 Å². The second-order valence-electron chi connectivity index (χ2n) is 10.1. The van der Waals surface area contributed by atoms with E-state index in [-0.39, 0.29) is 0 Å². The summed E-state index contributed by atoms with van der Waals surface area (Å²) in [4.78, 5) is 30.7. The van der Waals surface area contributed by atoms with Gasteiger partial charge in [0, 0.05) is 38.4 Å². The van der Waals surface area contributed by atoms with E-state index >= 15 is 0 Å². The fourth-order valence-corrected chi connectivity index (χ4v) is 5.04. The fraction of sp³-hybridized carbons (Fsp3) is 0.517. The van der Waals surface area contributed by atoms with Crippen molar-refractivity contribution in [2.75, 3.05) is 63.9 Å². The smallest absolute Gasteiger partial charge is 0.318 e. The van der Waals surface area contributed by atoms with Crippen molar-refractivity contribution in [2.24, 2.45) is 0 Å². The molecule has 0 aromatic heterocycles. The van der Waals surface area contributed by atoms with Gasteiger partial charge in [-0.1, -0.05) is 30.7 Å². The monoisotopic (exact) mass is 524 g/mol. The Labute approximate surface area is 225 Å². The number of likely N-dealkylation sites (tertiary alicyclic amines) is 1. The molecule has 0 radical (unpaired) electrons. The van der Waals surface area contributed by atoms with E-state index in [1.165, 1.54) is 39.3 Å². The highest BCUT2D eigenvalue weighted by atomic mass is 16.5. The van der Waals surface area contributed by atoms with Gasteiger partial charge in [-0.2, -0.15) is 0 Å². The lowest BCUT2D eigenvalue weighted by Crippen LogP contribution is -2.57. The summed E-state index contributed by atoms with van der Waals surface area (Å²) in [6.07, 6.45) is 2.85. The van der Waals surface area contributed by atoms with Crippen molar-refractivity contribution in [2.45, 2.75) is 38.3 Å². The molecule has 0 bridgehead atoms. The van der Waals surface area contributed by atoms with Gasteiger partial charge in [0.05, 0.1) is 6.10 Å². The van der Waals surface area contributed by atoms with Crippen LogP contribution in [0.2, 0.25) is 0 Å². The molecule has 2 atom stereocenters. The van der Waals surface area contributed by atoms with Crippen LogP contribution in [0.4, 0.5) is 10.5 Å². The van der Waals surface area contributed by atoms with Crippen LogP contribution in [0.25, 0.3) is 11.1 Å². The van der Waals surface area contributed by atoms with Gasteiger partial charge >= 0.3 is 6.03 Å². The highest BCUT2D eigenvalue weighted by molar-refractivity contribution is 5.89. The largest absolute Gasteiger partial charge is 0.492 e. The zero-order chi connectivity index (χ0) is 26.9. The van der Waals surface area contributed by atoms with Crippen LogP contribution < -0.4 is 15.0 Å². The second kappa shape index (κ2) is 13.6. The Bertz CT molecular complexity index is 1030. The molecule has 38 heavy (non-hydrogen) atoms. The summed E-state index contributed by atoms with van der Waals surface area (Å²) >= 11 is 0. The Morgan fingerprint density at radius 2 is 1.50 bits per heavy atom. The van der Waals surface area contributed by atoms with E-state index in [0.717, 1.165) is 29.1 Å². The lowest BCUT2D eigenvalue weighted by atomic mass is 10.0. The van der Waals surface area contributed by atoms with Crippen molar-refractivity contribution >= 4 is 17.5 Å². The number of aliphatic hydroxyl groups excluding tert-OH is 2. The van der Waals surface area contributed by atoms with Crippen LogP contribution in [0.15, 0.2) is 48.5 Å². The summed E-state index contributed by atoms with van der Waals surface area (Å²) in [6.45, 7) is 7.05. The summed E-state index contributed by atoms with van der Waals surface area (Å²) in [6, 6.07) is 15.1. The lowest BCUT2D eigenvalue weighted by Gasteiger charge is -2.37. The number of aliphatic hydroxyl groups is 2. The molecule has 206 valence electrons. The van der Waals surface area contributed by atoms with E-state index in [0.29, 0.717) is 32.8 Å². The maximum atomic E-state index is 12.6. The van der Waals surface area contributed by atoms with Gasteiger partial charge in [0.25, 0.3) is 0 Å². The molecule has 9 heteroatoms. The molecule has 2 aliphatic heterocycles. The molecule has 3 N–H and O–H groups in total. The number of urea groups is 1. The number of carbonyl (C=O) groups excluding carboxylic acids is 2. The van der Waals surface area contributed by atoms with Crippen molar-refractivity contribution in [1.29, 1.82) is 0 Å². The molecule has 2 heterocycles. The third-order valence-electron chi connectivity index (χ3n) is 7.38. The van der Waals surface area contributed by atoms with Crippen molar-refractivity contribution < 1.29 is 24.5 Å². The summed E-state index contributed by atoms with van der Waals surface area (Å²) in [5, 5.41) is 21.4. The van der Waals surface area contributed by atoms with Gasteiger partial charge in [-0.3, -0.25) is 9.69 Å². The van der Waals surface area contributed by atoms with Gasteiger partial charge in [-0.15, -0.1) is 0 Å². The normalized spacial score (nSPS) is 18.1. The highest BCUT2D eigenvalue weighted by Crippen LogP contribution is 2.26. The number of benzene rings is 2. The van der Waals surface area contributed by atoms with Gasteiger partial charge in [-0.25, -0.2) is 4.79 Å². The van der Waals surface area contributed by atoms with E-state index in [2.05, 4.69) is 51.5 Å². The van der Waals surface area contributed by atoms with Crippen LogP contribution in [0.1, 0.15) is 26.2 Å². The molecule has 2 saturated heterocycles. The number of amides is 2. The maximum Gasteiger partial charge on any atom is 0.318 e. The van der Waals surface area contributed by atoms with Crippen LogP contribution in [-0.4, -0.2) is 103 Å². The predicted octanol–water partition coefficient (Wildman–Crippen LogP) is 2.36. The Balaban J connectivity index is 1.24. The molecular weight excluding hydrogens is 484 g/mol. The summed E-state index contributed by atoms with van der Waals surface area (Å²) in [5.41, 5.74) is 3.35. The third kappa shape index (κ3) is 7.46. The predicted molar refractivity (Wildman–Crippen MR) is 148 cm³/mol. The zero-order valence-corrected chi connectivity index (χ0v) is 22.2. The van der Waals surface area contributed by atoms with E-state index in [1.54, 1.807) is 4.90 Å². The molecule has 2 amide bonds. The van der Waals surface area contributed by atoms with Crippen LogP contribution in [0.5, 0.6) is 5.75 Å². The lowest BCUT2D eigenvalue weighted by molar-refractivity contribution is -0.125. The van der Waals surface area contributed by atoms with Gasteiger partial charge < -0.3 is 30.1 Å². The molecule has 2 aliphatic rings. The standard InChI is InChI=1S/C29H40N4O5/c1-22(35)28(27(36)21-34)30-29(37)33-17-15-32(16-18-33)25-9-5-23(6-10-25)24-7-11-26(12-8-24)38-20-19-31-13-3-2-4-14-31/h5-12,22,28,34-35H,2-4,13-21H2,1H3,(H,30,37)/t22-,28+/m1/s1. The van der Waals surface area contributed by atoms with Crippen LogP contribution in [0.3, 0.4) is 0 Å². The maximum absolute atomic E-state index is 12.6. The Hall–Kier alpha value is -3.14. The molecule has 0 unspecified atom stereocenters. The number of carbonyl (C=O) groups is 2. The van der Waals surface area contributed by atoms with E-state index < -0.39 is 30.6 Å². The molecule has 0 aliphatic carbocycles. The first-order chi connectivity index (χ1) is 18.4. The topological polar surface area (TPSA) is 106 Å². The number of rotatable bonds is 10. The number of hydrogen-bond donors (Lipinski definition) is 3. The Morgan fingerprint density at radius 3 is 2.08 bits per heavy atom. The second-order valence-corrected chi connectivity index (χ2v) is 10.1. The number of Topliss-reactive ketones (excluding diaryl/α,β-unsaturated/α-hetero) is 1. The quantitative estimate of drug-likeness (QED) is 0.438. The van der Waals surface area contributed by atoms with Crippen LogP contribution >= 0.6 is 0 Å². The number of anilines is 1. The molecule has 0 saturated carbocycles. The number of hydrogen-bond acceptors (Lipinski definition) is 7. The van der Waals surface area contributed by atoms with E-state index in [9.17, 15) is 14.7 Å². The minimum absolute atomic E-state index is 0.411. The summed E-state index contributed by atoms with van der Waals surface area (Å²) in [5.74, 6) is 0.284. The van der Waals surface area contributed by atoms with E-state index in [1.807, 2.05) is 12.1 Å². The van der Waals surface area contributed by atoms with Crippen molar-refractivity contribution in [3.05, 3.63) is 48.5 Å². The molecule has 9 nitrogen and oxygen atoms in total. The SMILES string of the molecule is C[C@@H](O)[C@H](NC(=O)N1CCN(c2ccc(-c3ccc(OCCN4CCCCC4)cc3)cc2)CC1)C(=O)CO. The third-order valence-corrected chi connectivity index (χ3v) is 7.38. The first kappa shape index (κ1) is 27.9. The molecule has 4 rings (SSSR count). The average Bonchev–Trinajstić information content (AvgIpc) is 2.96. The number of ketones is 1. The number of piperidine rings is 1. The number of ether oxygens (including phenoxy) is 1. The minimum atomic E-state index is -1.11. The van der Waals surface area contributed by atoms with Crippen LogP contribution in [0, 0.1) is 0 Å². The molecule has 2 aromatic rings. The first-order valence-electron chi connectivity index (χ1n) is 13.6. The van der Waals surface area contributed by atoms with Gasteiger partial charge in [-0.05, 0) is 68.2 Å². The van der Waals surface area contributed by atoms with Crippen molar-refractivity contribution in [1.82, 2.24) is 15.1 Å². The van der Waals surface area contributed by atoms with Crippen LogP contribution in [-0.2, 0) is 4.79 Å². The van der Waals surface area contributed by atoms with Crippen molar-refractivity contribution in [3.63, 3.8) is 0 Å². The fourth-order valence-electron chi connectivity index (χ4n) is 5.04. The Morgan fingerprint density at radius 1 is 0.895 bits per heavy atom. The minimum Gasteiger partial charge on any atom is -0.492 e. The molecule has 2 aromatic carbocycles. The molecule has 2 fully saturated rings. The number of nitrogens with one attached hydrogen (secondary N) is 1. The summed E-state index contributed by atoms with van der Waals surface area (Å²) in [7, 11) is 0. The average molecular weight is 525 g/mol. The van der Waals surface area contributed by atoms with E-state index in [4.69, 9.17) is 9.84 Å². The van der Waals surface area contributed by atoms with Gasteiger partial charge in [0.1, 0.15) is 25.0 Å². The van der Waals surface area contributed by atoms with Gasteiger partial charge in [0.15, 0.2) is 5.78 Å². The zero-order valence-electron chi connectivity index (χ0n) is 22.2. The first-order valence-corrected chi connectivity index (χ1v) is 13.6. The highest BCUT2D eigenvalue weighted by Gasteiger charge is 2.28. The summed E-state index contributed by atoms with van der Waals surface area (Å²) < 4.78 is 5.95. The number of piperazine rings is 1. The molecule has 0 spiro atoms.